The van der Waals surface area contributed by atoms with Crippen molar-refractivity contribution in [2.45, 2.75) is 46.3 Å². The Kier molecular flexibility index (Phi) is 4.00. The first-order valence-electron chi connectivity index (χ1n) is 6.97. The molecule has 104 valence electrons. The molecule has 1 heterocycles. The molecule has 0 spiro atoms. The van der Waals surface area contributed by atoms with Crippen LogP contribution in [0.3, 0.4) is 0 Å². The largest absolute Gasteiger partial charge is 0.497 e. The second kappa shape index (κ2) is 5.38. The summed E-state index contributed by atoms with van der Waals surface area (Å²) >= 11 is 0. The summed E-state index contributed by atoms with van der Waals surface area (Å²) in [4.78, 5) is 0. The van der Waals surface area contributed by atoms with Crippen molar-refractivity contribution in [1.29, 1.82) is 0 Å². The van der Waals surface area contributed by atoms with Gasteiger partial charge < -0.3 is 9.47 Å². The van der Waals surface area contributed by atoms with Crippen molar-refractivity contribution in [3.05, 3.63) is 41.5 Å². The molecule has 0 amide bonds. The predicted molar refractivity (Wildman–Crippen MR) is 78.4 cm³/mol. The van der Waals surface area contributed by atoms with Crippen LogP contribution in [-0.4, -0.2) is 13.2 Å². The number of hydrogen-bond donors (Lipinski definition) is 0. The minimum absolute atomic E-state index is 0.0591. The van der Waals surface area contributed by atoms with E-state index in [2.05, 4.69) is 45.9 Å². The lowest BCUT2D eigenvalue weighted by atomic mass is 9.75. The second-order valence-electron chi connectivity index (χ2n) is 5.80. The molecular weight excluding hydrogens is 236 g/mol. The SMILES string of the molecule is CCC1OC(c2ccc(OC)cc2)C=C(C)C1(C)C. The van der Waals surface area contributed by atoms with Crippen LogP contribution in [0.5, 0.6) is 5.75 Å². The topological polar surface area (TPSA) is 18.5 Å². The van der Waals surface area contributed by atoms with E-state index in [0.29, 0.717) is 0 Å². The molecule has 2 atom stereocenters. The highest BCUT2D eigenvalue weighted by atomic mass is 16.5. The van der Waals surface area contributed by atoms with Gasteiger partial charge in [-0.15, -0.1) is 0 Å². The van der Waals surface area contributed by atoms with Crippen LogP contribution >= 0.6 is 0 Å². The predicted octanol–water partition coefficient (Wildman–Crippen LogP) is 4.52. The normalized spacial score (nSPS) is 25.8. The molecule has 0 aromatic heterocycles. The fourth-order valence-corrected chi connectivity index (χ4v) is 2.66. The van der Waals surface area contributed by atoms with Crippen LogP contribution in [0.15, 0.2) is 35.9 Å². The first-order valence-corrected chi connectivity index (χ1v) is 6.97. The van der Waals surface area contributed by atoms with Gasteiger partial charge in [-0.25, -0.2) is 0 Å². The Morgan fingerprint density at radius 1 is 1.21 bits per heavy atom. The van der Waals surface area contributed by atoms with Gasteiger partial charge in [0.2, 0.25) is 0 Å². The molecule has 1 aromatic rings. The lowest BCUT2D eigenvalue weighted by Crippen LogP contribution is -2.37. The van der Waals surface area contributed by atoms with Gasteiger partial charge in [0.25, 0.3) is 0 Å². The Labute approximate surface area is 116 Å². The Balaban J connectivity index is 2.28. The standard InChI is InChI=1S/C17H24O2/c1-6-16-17(3,4)12(2)11-15(19-16)13-7-9-14(18-5)10-8-13/h7-11,15-16H,6H2,1-5H3. The van der Waals surface area contributed by atoms with Crippen molar-refractivity contribution in [3.63, 3.8) is 0 Å². The molecule has 1 aromatic carbocycles. The lowest BCUT2D eigenvalue weighted by Gasteiger charge is -2.41. The van der Waals surface area contributed by atoms with Crippen molar-refractivity contribution < 1.29 is 9.47 Å². The van der Waals surface area contributed by atoms with Crippen molar-refractivity contribution >= 4 is 0 Å². The maximum Gasteiger partial charge on any atom is 0.118 e. The van der Waals surface area contributed by atoms with Gasteiger partial charge in [0, 0.05) is 5.41 Å². The van der Waals surface area contributed by atoms with E-state index in [1.165, 1.54) is 11.1 Å². The molecule has 19 heavy (non-hydrogen) atoms. The Bertz CT molecular complexity index is 457. The first kappa shape index (κ1) is 14.1. The summed E-state index contributed by atoms with van der Waals surface area (Å²) in [7, 11) is 1.69. The zero-order valence-electron chi connectivity index (χ0n) is 12.6. The third-order valence-corrected chi connectivity index (χ3v) is 4.35. The van der Waals surface area contributed by atoms with E-state index in [9.17, 15) is 0 Å². The van der Waals surface area contributed by atoms with Gasteiger partial charge in [-0.3, -0.25) is 0 Å². The summed E-state index contributed by atoms with van der Waals surface area (Å²) in [5.74, 6) is 0.882. The summed E-state index contributed by atoms with van der Waals surface area (Å²) in [6.07, 6.45) is 3.60. The molecule has 2 unspecified atom stereocenters. The van der Waals surface area contributed by atoms with E-state index in [-0.39, 0.29) is 17.6 Å². The third-order valence-electron chi connectivity index (χ3n) is 4.35. The number of hydrogen-bond acceptors (Lipinski definition) is 2. The van der Waals surface area contributed by atoms with Crippen LogP contribution in [-0.2, 0) is 4.74 Å². The molecule has 0 saturated carbocycles. The van der Waals surface area contributed by atoms with Gasteiger partial charge in [0.15, 0.2) is 0 Å². The average molecular weight is 260 g/mol. The van der Waals surface area contributed by atoms with Crippen molar-refractivity contribution in [2.24, 2.45) is 5.41 Å². The van der Waals surface area contributed by atoms with Crippen LogP contribution in [0.2, 0.25) is 0 Å². The fourth-order valence-electron chi connectivity index (χ4n) is 2.66. The molecule has 0 fully saturated rings. The lowest BCUT2D eigenvalue weighted by molar-refractivity contribution is -0.0586. The molecule has 1 aliphatic rings. The van der Waals surface area contributed by atoms with Crippen molar-refractivity contribution in [3.8, 4) is 5.75 Å². The number of rotatable bonds is 3. The fraction of sp³-hybridized carbons (Fsp3) is 0.529. The smallest absolute Gasteiger partial charge is 0.118 e. The Morgan fingerprint density at radius 3 is 2.37 bits per heavy atom. The molecular formula is C17H24O2. The molecule has 2 heteroatoms. The van der Waals surface area contributed by atoms with E-state index in [4.69, 9.17) is 9.47 Å². The summed E-state index contributed by atoms with van der Waals surface area (Å²) in [6, 6.07) is 8.14. The van der Waals surface area contributed by atoms with Crippen LogP contribution < -0.4 is 4.74 Å². The highest BCUT2D eigenvalue weighted by Crippen LogP contribution is 2.42. The van der Waals surface area contributed by atoms with Gasteiger partial charge in [0.05, 0.1) is 13.2 Å². The molecule has 2 nitrogen and oxygen atoms in total. The third kappa shape index (κ3) is 2.69. The number of methoxy groups -OCH3 is 1. The maximum atomic E-state index is 6.26. The van der Waals surface area contributed by atoms with Gasteiger partial charge in [0.1, 0.15) is 11.9 Å². The van der Waals surface area contributed by atoms with E-state index in [1.807, 2.05) is 12.1 Å². The number of ether oxygens (including phenoxy) is 2. The minimum atomic E-state index is 0.0591. The van der Waals surface area contributed by atoms with E-state index in [1.54, 1.807) is 7.11 Å². The summed E-state index contributed by atoms with van der Waals surface area (Å²) < 4.78 is 11.5. The molecule has 1 aliphatic heterocycles. The summed E-state index contributed by atoms with van der Waals surface area (Å²) in [5, 5.41) is 0. The summed E-state index contributed by atoms with van der Waals surface area (Å²) in [6.45, 7) is 8.92. The quantitative estimate of drug-likeness (QED) is 0.744. The van der Waals surface area contributed by atoms with E-state index in [0.717, 1.165) is 12.2 Å². The molecule has 0 aliphatic carbocycles. The van der Waals surface area contributed by atoms with E-state index < -0.39 is 0 Å². The minimum Gasteiger partial charge on any atom is -0.497 e. The van der Waals surface area contributed by atoms with Crippen LogP contribution in [0.1, 0.15) is 45.8 Å². The van der Waals surface area contributed by atoms with Gasteiger partial charge in [-0.05, 0) is 31.0 Å². The van der Waals surface area contributed by atoms with E-state index >= 15 is 0 Å². The van der Waals surface area contributed by atoms with Crippen molar-refractivity contribution in [1.82, 2.24) is 0 Å². The van der Waals surface area contributed by atoms with Gasteiger partial charge in [-0.2, -0.15) is 0 Å². The zero-order chi connectivity index (χ0) is 14.0. The van der Waals surface area contributed by atoms with Crippen LogP contribution in [0, 0.1) is 5.41 Å². The maximum absolute atomic E-state index is 6.26. The molecule has 0 radical (unpaired) electrons. The average Bonchev–Trinajstić information content (AvgIpc) is 2.42. The highest BCUT2D eigenvalue weighted by molar-refractivity contribution is 5.32. The second-order valence-corrected chi connectivity index (χ2v) is 5.80. The van der Waals surface area contributed by atoms with Gasteiger partial charge >= 0.3 is 0 Å². The Hall–Kier alpha value is -1.28. The molecule has 0 N–H and O–H groups in total. The van der Waals surface area contributed by atoms with Crippen molar-refractivity contribution in [2.75, 3.05) is 7.11 Å². The highest BCUT2D eigenvalue weighted by Gasteiger charge is 2.36. The monoisotopic (exact) mass is 260 g/mol. The molecule has 0 bridgehead atoms. The van der Waals surface area contributed by atoms with Crippen LogP contribution in [0.25, 0.3) is 0 Å². The first-order chi connectivity index (χ1) is 8.98. The molecule has 2 rings (SSSR count). The van der Waals surface area contributed by atoms with Crippen LogP contribution in [0.4, 0.5) is 0 Å². The zero-order valence-corrected chi connectivity index (χ0v) is 12.6. The van der Waals surface area contributed by atoms with Gasteiger partial charge in [-0.1, -0.05) is 44.6 Å². The summed E-state index contributed by atoms with van der Waals surface area (Å²) in [5.41, 5.74) is 2.72. The Morgan fingerprint density at radius 2 is 1.84 bits per heavy atom. The number of benzene rings is 1. The molecule has 0 saturated heterocycles.